The van der Waals surface area contributed by atoms with Crippen molar-refractivity contribution in [2.24, 2.45) is 5.16 Å². The van der Waals surface area contributed by atoms with Gasteiger partial charge in [-0.25, -0.2) is 9.78 Å². The topological polar surface area (TPSA) is 77.6 Å². The van der Waals surface area contributed by atoms with E-state index in [-0.39, 0.29) is 33.1 Å². The molecule has 0 amide bonds. The van der Waals surface area contributed by atoms with E-state index < -0.39 is 17.4 Å². The molecule has 2 aromatic carbocycles. The summed E-state index contributed by atoms with van der Waals surface area (Å²) in [5, 5.41) is 4.01. The Hall–Kier alpha value is -3.72. The van der Waals surface area contributed by atoms with E-state index >= 15 is 0 Å². The monoisotopic (exact) mass is 473 g/mol. The second kappa shape index (κ2) is 8.67. The van der Waals surface area contributed by atoms with E-state index in [1.54, 1.807) is 19.1 Å². The molecule has 0 fully saturated rings. The second-order valence-electron chi connectivity index (χ2n) is 7.05. The number of hydrogen-bond acceptors (Lipinski definition) is 6. The number of aromatic nitrogens is 2. The van der Waals surface area contributed by atoms with Crippen molar-refractivity contribution in [3.05, 3.63) is 80.8 Å². The van der Waals surface area contributed by atoms with Gasteiger partial charge in [0, 0.05) is 17.3 Å². The molecule has 168 valence electrons. The van der Waals surface area contributed by atoms with Gasteiger partial charge in [0.2, 0.25) is 5.89 Å². The fourth-order valence-corrected chi connectivity index (χ4v) is 3.59. The average molecular weight is 474 g/mol. The van der Waals surface area contributed by atoms with Crippen LogP contribution in [0.5, 0.6) is 0 Å². The van der Waals surface area contributed by atoms with Gasteiger partial charge in [0.05, 0.1) is 33.4 Å². The zero-order valence-corrected chi connectivity index (χ0v) is 18.0. The molecule has 4 aromatic rings. The van der Waals surface area contributed by atoms with Gasteiger partial charge in [-0.1, -0.05) is 16.8 Å². The zero-order chi connectivity index (χ0) is 23.8. The summed E-state index contributed by atoms with van der Waals surface area (Å²) >= 11 is 6.22. The normalized spacial score (nSPS) is 11.9. The van der Waals surface area contributed by atoms with Crippen molar-refractivity contribution in [2.75, 3.05) is 7.11 Å². The smallest absolute Gasteiger partial charge is 0.403 e. The molecule has 0 bridgehead atoms. The van der Waals surface area contributed by atoms with Crippen molar-refractivity contribution in [3.63, 3.8) is 0 Å². The van der Waals surface area contributed by atoms with Crippen molar-refractivity contribution in [1.29, 1.82) is 0 Å². The molecule has 2 heterocycles. The highest BCUT2D eigenvalue weighted by molar-refractivity contribution is 6.33. The number of halogens is 4. The summed E-state index contributed by atoms with van der Waals surface area (Å²) in [4.78, 5) is 26.0. The summed E-state index contributed by atoms with van der Waals surface area (Å²) in [5.74, 6) is -0.153. The first kappa shape index (κ1) is 22.5. The standard InChI is InChI=1S/C23H15ClF3N3O3/c1-12-8-13(11-29-32-2)9-17-19(12)30-21(33-22(17)31)15-6-5-14(23(25,26)27)10-16(15)20-18(24)4-3-7-28-20/h3-11H,1-2H3. The minimum absolute atomic E-state index is 0.0342. The third kappa shape index (κ3) is 4.45. The largest absolute Gasteiger partial charge is 0.416 e. The first-order valence-corrected chi connectivity index (χ1v) is 9.91. The summed E-state index contributed by atoms with van der Waals surface area (Å²) in [6, 6.07) is 9.33. The number of hydrogen-bond donors (Lipinski definition) is 0. The first-order chi connectivity index (χ1) is 15.7. The molecule has 2 aromatic heterocycles. The Labute approximate surface area is 190 Å². The van der Waals surface area contributed by atoms with Gasteiger partial charge < -0.3 is 9.25 Å². The van der Waals surface area contributed by atoms with E-state index in [9.17, 15) is 18.0 Å². The first-order valence-electron chi connectivity index (χ1n) is 9.53. The number of nitrogens with zero attached hydrogens (tertiary/aromatic N) is 3. The Balaban J connectivity index is 1.98. The second-order valence-corrected chi connectivity index (χ2v) is 7.46. The fraction of sp³-hybridized carbons (Fsp3) is 0.130. The highest BCUT2D eigenvalue weighted by Gasteiger charge is 2.32. The highest BCUT2D eigenvalue weighted by atomic mass is 35.5. The van der Waals surface area contributed by atoms with Crippen LogP contribution in [0.1, 0.15) is 16.7 Å². The van der Waals surface area contributed by atoms with Crippen LogP contribution >= 0.6 is 11.6 Å². The van der Waals surface area contributed by atoms with Crippen LogP contribution in [0, 0.1) is 6.92 Å². The van der Waals surface area contributed by atoms with Crippen LogP contribution in [0.3, 0.4) is 0 Å². The van der Waals surface area contributed by atoms with Crippen LogP contribution in [-0.4, -0.2) is 23.3 Å². The number of fused-ring (bicyclic) bond motifs is 1. The molecule has 0 spiro atoms. The predicted molar refractivity (Wildman–Crippen MR) is 118 cm³/mol. The molecule has 10 heteroatoms. The van der Waals surface area contributed by atoms with Gasteiger partial charge in [0.15, 0.2) is 0 Å². The van der Waals surface area contributed by atoms with E-state index in [2.05, 4.69) is 20.0 Å². The van der Waals surface area contributed by atoms with E-state index in [1.807, 2.05) is 0 Å². The number of aryl methyl sites for hydroxylation is 1. The maximum Gasteiger partial charge on any atom is 0.416 e. The van der Waals surface area contributed by atoms with E-state index in [0.717, 1.165) is 12.1 Å². The van der Waals surface area contributed by atoms with Gasteiger partial charge in [-0.15, -0.1) is 0 Å². The van der Waals surface area contributed by atoms with Crippen LogP contribution in [0.2, 0.25) is 5.02 Å². The summed E-state index contributed by atoms with van der Waals surface area (Å²) in [6.45, 7) is 1.74. The molecular weight excluding hydrogens is 459 g/mol. The average Bonchev–Trinajstić information content (AvgIpc) is 2.77. The van der Waals surface area contributed by atoms with Crippen LogP contribution in [-0.2, 0) is 11.0 Å². The Morgan fingerprint density at radius 2 is 1.94 bits per heavy atom. The van der Waals surface area contributed by atoms with Crippen molar-refractivity contribution >= 4 is 28.7 Å². The van der Waals surface area contributed by atoms with Gasteiger partial charge in [0.1, 0.15) is 7.11 Å². The number of pyridine rings is 1. The van der Waals surface area contributed by atoms with Crippen molar-refractivity contribution < 1.29 is 22.4 Å². The molecule has 6 nitrogen and oxygen atoms in total. The zero-order valence-electron chi connectivity index (χ0n) is 17.3. The predicted octanol–water partition coefficient (Wildman–Crippen LogP) is 5.88. The van der Waals surface area contributed by atoms with E-state index in [0.29, 0.717) is 16.6 Å². The lowest BCUT2D eigenvalue weighted by Crippen LogP contribution is -2.08. The lowest BCUT2D eigenvalue weighted by molar-refractivity contribution is -0.137. The van der Waals surface area contributed by atoms with Gasteiger partial charge in [-0.2, -0.15) is 13.2 Å². The summed E-state index contributed by atoms with van der Waals surface area (Å²) in [7, 11) is 1.39. The number of rotatable bonds is 4. The van der Waals surface area contributed by atoms with Gasteiger partial charge in [0.25, 0.3) is 0 Å². The Morgan fingerprint density at radius 1 is 1.15 bits per heavy atom. The molecule has 0 saturated carbocycles. The van der Waals surface area contributed by atoms with Gasteiger partial charge in [-0.3, -0.25) is 4.98 Å². The lowest BCUT2D eigenvalue weighted by Gasteiger charge is -2.14. The third-order valence-electron chi connectivity index (χ3n) is 4.84. The molecule has 0 aliphatic heterocycles. The summed E-state index contributed by atoms with van der Waals surface area (Å²) < 4.78 is 45.6. The van der Waals surface area contributed by atoms with Crippen molar-refractivity contribution in [3.8, 4) is 22.7 Å². The molecule has 0 aliphatic carbocycles. The van der Waals surface area contributed by atoms with Crippen LogP contribution in [0.15, 0.2) is 63.0 Å². The number of benzene rings is 2. The SMILES string of the molecule is CON=Cc1cc(C)c2nc(-c3ccc(C(F)(F)F)cc3-c3ncccc3Cl)oc(=O)c2c1. The van der Waals surface area contributed by atoms with Gasteiger partial charge >= 0.3 is 11.8 Å². The van der Waals surface area contributed by atoms with E-state index in [4.69, 9.17) is 16.0 Å². The molecule has 0 atom stereocenters. The van der Waals surface area contributed by atoms with Crippen LogP contribution in [0.25, 0.3) is 33.6 Å². The Morgan fingerprint density at radius 3 is 2.64 bits per heavy atom. The maximum absolute atomic E-state index is 13.4. The molecule has 4 rings (SSSR count). The molecule has 0 radical (unpaired) electrons. The van der Waals surface area contributed by atoms with Crippen LogP contribution < -0.4 is 5.63 Å². The molecule has 0 saturated heterocycles. The minimum atomic E-state index is -4.59. The molecule has 0 N–H and O–H groups in total. The Bertz CT molecular complexity index is 1450. The number of alkyl halides is 3. The third-order valence-corrected chi connectivity index (χ3v) is 5.15. The van der Waals surface area contributed by atoms with Crippen LogP contribution in [0.4, 0.5) is 13.2 Å². The summed E-state index contributed by atoms with van der Waals surface area (Å²) in [5.41, 5.74) is 0.260. The quantitative estimate of drug-likeness (QED) is 0.273. The molecule has 0 unspecified atom stereocenters. The summed E-state index contributed by atoms with van der Waals surface area (Å²) in [6.07, 6.45) is -1.76. The minimum Gasteiger partial charge on any atom is -0.403 e. The maximum atomic E-state index is 13.4. The van der Waals surface area contributed by atoms with Crippen molar-refractivity contribution in [2.45, 2.75) is 13.1 Å². The number of oxime groups is 1. The lowest BCUT2D eigenvalue weighted by atomic mass is 9.99. The molecule has 0 aliphatic rings. The van der Waals surface area contributed by atoms with Gasteiger partial charge in [-0.05, 0) is 60.5 Å². The van der Waals surface area contributed by atoms with Crippen molar-refractivity contribution in [1.82, 2.24) is 9.97 Å². The molecular formula is C23H15ClF3N3O3. The van der Waals surface area contributed by atoms with E-state index in [1.165, 1.54) is 37.7 Å². The molecule has 33 heavy (non-hydrogen) atoms. The highest BCUT2D eigenvalue weighted by Crippen LogP contribution is 2.39. The fourth-order valence-electron chi connectivity index (χ4n) is 3.37. The Kier molecular flexibility index (Phi) is 5.90.